The lowest BCUT2D eigenvalue weighted by Crippen LogP contribution is -2.37. The van der Waals surface area contributed by atoms with E-state index in [1.807, 2.05) is 47.0 Å². The van der Waals surface area contributed by atoms with Gasteiger partial charge in [-0.15, -0.1) is 0 Å². The van der Waals surface area contributed by atoms with E-state index in [1.54, 1.807) is 6.21 Å². The standard InChI is InChI=1S/C27H28N6O2/c1-27(2)17-20-9-6-10-21(26(20)35-27)18-28-30-23-16-25(32-11-13-34-14-12-32)33-24(29-23)15-22(31-33)19-7-4-3-5-8-19/h3-10,15-16,18H,11-14,17H2,1-2H3,(H,29,30)/b28-18-. The molecule has 4 aromatic rings. The molecule has 4 heterocycles. The molecule has 8 heteroatoms. The maximum absolute atomic E-state index is 6.16. The molecule has 2 aromatic heterocycles. The van der Waals surface area contributed by atoms with Crippen molar-refractivity contribution in [3.63, 3.8) is 0 Å². The van der Waals surface area contributed by atoms with Crippen molar-refractivity contribution in [3.8, 4) is 17.0 Å². The summed E-state index contributed by atoms with van der Waals surface area (Å²) in [5, 5.41) is 9.37. The van der Waals surface area contributed by atoms with E-state index in [1.165, 1.54) is 5.56 Å². The van der Waals surface area contributed by atoms with E-state index in [9.17, 15) is 0 Å². The van der Waals surface area contributed by atoms with Gasteiger partial charge < -0.3 is 14.4 Å². The van der Waals surface area contributed by atoms with Crippen LogP contribution < -0.4 is 15.1 Å². The summed E-state index contributed by atoms with van der Waals surface area (Å²) in [4.78, 5) is 7.06. The summed E-state index contributed by atoms with van der Waals surface area (Å²) in [6.07, 6.45) is 2.69. The normalized spacial score (nSPS) is 17.0. The predicted octanol–water partition coefficient (Wildman–Crippen LogP) is 4.39. The van der Waals surface area contributed by atoms with Crippen molar-refractivity contribution in [2.45, 2.75) is 25.9 Å². The fourth-order valence-corrected chi connectivity index (χ4v) is 4.69. The molecule has 8 nitrogen and oxygen atoms in total. The third kappa shape index (κ3) is 4.33. The van der Waals surface area contributed by atoms with E-state index in [2.05, 4.69) is 47.5 Å². The van der Waals surface area contributed by atoms with Crippen molar-refractivity contribution in [1.82, 2.24) is 14.6 Å². The van der Waals surface area contributed by atoms with Gasteiger partial charge in [0.2, 0.25) is 0 Å². The SMILES string of the molecule is CC1(C)Cc2cccc(/C=N\Nc3cc(N4CCOCC4)n4nc(-c5ccccc5)cc4n3)c2O1. The van der Waals surface area contributed by atoms with Gasteiger partial charge >= 0.3 is 0 Å². The van der Waals surface area contributed by atoms with Crippen molar-refractivity contribution in [2.75, 3.05) is 36.6 Å². The van der Waals surface area contributed by atoms with E-state index in [4.69, 9.17) is 19.6 Å². The first-order valence-corrected chi connectivity index (χ1v) is 11.9. The molecule has 1 fully saturated rings. The van der Waals surface area contributed by atoms with Crippen LogP contribution in [-0.2, 0) is 11.2 Å². The van der Waals surface area contributed by atoms with Crippen LogP contribution >= 0.6 is 0 Å². The lowest BCUT2D eigenvalue weighted by molar-refractivity contribution is 0.122. The van der Waals surface area contributed by atoms with Crippen LogP contribution in [0.3, 0.4) is 0 Å². The lowest BCUT2D eigenvalue weighted by atomic mass is 10.0. The monoisotopic (exact) mass is 468 g/mol. The number of para-hydroxylation sites is 1. The molecule has 0 bridgehead atoms. The quantitative estimate of drug-likeness (QED) is 0.346. The number of nitrogens with zero attached hydrogens (tertiary/aromatic N) is 5. The smallest absolute Gasteiger partial charge is 0.160 e. The van der Waals surface area contributed by atoms with E-state index in [-0.39, 0.29) is 5.60 Å². The summed E-state index contributed by atoms with van der Waals surface area (Å²) in [6.45, 7) is 7.18. The minimum absolute atomic E-state index is 0.197. The molecule has 0 saturated carbocycles. The number of hydrogen-bond acceptors (Lipinski definition) is 7. The molecule has 0 atom stereocenters. The van der Waals surface area contributed by atoms with Crippen molar-refractivity contribution in [3.05, 3.63) is 71.8 Å². The number of ether oxygens (including phenoxy) is 2. The third-order valence-electron chi connectivity index (χ3n) is 6.32. The van der Waals surface area contributed by atoms with E-state index >= 15 is 0 Å². The van der Waals surface area contributed by atoms with Crippen molar-refractivity contribution < 1.29 is 9.47 Å². The molecule has 1 saturated heterocycles. The van der Waals surface area contributed by atoms with E-state index in [0.717, 1.165) is 53.5 Å². The molecule has 0 unspecified atom stereocenters. The first kappa shape index (κ1) is 21.6. The molecule has 2 aliphatic heterocycles. The fourth-order valence-electron chi connectivity index (χ4n) is 4.69. The van der Waals surface area contributed by atoms with Gasteiger partial charge in [-0.1, -0.05) is 42.5 Å². The Kier molecular flexibility index (Phi) is 5.37. The summed E-state index contributed by atoms with van der Waals surface area (Å²) in [5.74, 6) is 2.52. The number of morpholine rings is 1. The summed E-state index contributed by atoms with van der Waals surface area (Å²) in [6, 6.07) is 20.3. The molecule has 0 amide bonds. The van der Waals surface area contributed by atoms with Crippen LogP contribution in [0.15, 0.2) is 65.8 Å². The zero-order valence-corrected chi connectivity index (χ0v) is 19.9. The second-order valence-electron chi connectivity index (χ2n) is 9.51. The van der Waals surface area contributed by atoms with Gasteiger partial charge in [-0.05, 0) is 25.5 Å². The highest BCUT2D eigenvalue weighted by molar-refractivity contribution is 5.85. The average Bonchev–Trinajstić information content (AvgIpc) is 3.44. The van der Waals surface area contributed by atoms with Crippen LogP contribution in [-0.4, -0.2) is 52.7 Å². The lowest BCUT2D eigenvalue weighted by Gasteiger charge is -2.29. The molecule has 35 heavy (non-hydrogen) atoms. The van der Waals surface area contributed by atoms with Crippen LogP contribution in [0, 0.1) is 0 Å². The molecule has 178 valence electrons. The van der Waals surface area contributed by atoms with Crippen LogP contribution in [0.1, 0.15) is 25.0 Å². The Balaban J connectivity index is 1.33. The molecule has 1 N–H and O–H groups in total. The Morgan fingerprint density at radius 3 is 2.69 bits per heavy atom. The minimum Gasteiger partial charge on any atom is -0.487 e. The summed E-state index contributed by atoms with van der Waals surface area (Å²) < 4.78 is 13.6. The van der Waals surface area contributed by atoms with Gasteiger partial charge in [-0.25, -0.2) is 4.98 Å². The number of hydrazone groups is 1. The molecule has 0 radical (unpaired) electrons. The molecule has 0 spiro atoms. The van der Waals surface area contributed by atoms with Gasteiger partial charge in [0.1, 0.15) is 17.2 Å². The predicted molar refractivity (Wildman–Crippen MR) is 138 cm³/mol. The highest BCUT2D eigenvalue weighted by atomic mass is 16.5. The highest BCUT2D eigenvalue weighted by Gasteiger charge is 2.31. The maximum atomic E-state index is 6.16. The number of nitrogens with one attached hydrogen (secondary N) is 1. The number of benzene rings is 2. The van der Waals surface area contributed by atoms with E-state index in [0.29, 0.717) is 19.0 Å². The van der Waals surface area contributed by atoms with Gasteiger partial charge in [0.05, 0.1) is 25.1 Å². The Bertz CT molecular complexity index is 1390. The summed E-state index contributed by atoms with van der Waals surface area (Å²) in [7, 11) is 0. The highest BCUT2D eigenvalue weighted by Crippen LogP contribution is 2.36. The van der Waals surface area contributed by atoms with Gasteiger partial charge in [0, 0.05) is 42.8 Å². The Labute approximate surface area is 204 Å². The van der Waals surface area contributed by atoms with Gasteiger partial charge in [0.15, 0.2) is 11.5 Å². The van der Waals surface area contributed by atoms with Gasteiger partial charge in [-0.3, -0.25) is 5.43 Å². The Hall–Kier alpha value is -3.91. The van der Waals surface area contributed by atoms with Gasteiger partial charge in [0.25, 0.3) is 0 Å². The topological polar surface area (TPSA) is 76.3 Å². The number of hydrogen-bond donors (Lipinski definition) is 1. The largest absolute Gasteiger partial charge is 0.487 e. The molecular formula is C27H28N6O2. The van der Waals surface area contributed by atoms with Crippen LogP contribution in [0.25, 0.3) is 16.9 Å². The second-order valence-corrected chi connectivity index (χ2v) is 9.51. The fraction of sp³-hybridized carbons (Fsp3) is 0.296. The number of fused-ring (bicyclic) bond motifs is 2. The van der Waals surface area contributed by atoms with Crippen molar-refractivity contribution >= 4 is 23.5 Å². The molecular weight excluding hydrogens is 440 g/mol. The first-order valence-electron chi connectivity index (χ1n) is 11.9. The zero-order valence-electron chi connectivity index (χ0n) is 19.9. The van der Waals surface area contributed by atoms with Crippen LogP contribution in [0.2, 0.25) is 0 Å². The Morgan fingerprint density at radius 1 is 1.03 bits per heavy atom. The Morgan fingerprint density at radius 2 is 1.86 bits per heavy atom. The molecule has 0 aliphatic carbocycles. The van der Waals surface area contributed by atoms with Gasteiger partial charge in [-0.2, -0.15) is 14.7 Å². The summed E-state index contributed by atoms with van der Waals surface area (Å²) >= 11 is 0. The van der Waals surface area contributed by atoms with Crippen molar-refractivity contribution in [2.24, 2.45) is 5.10 Å². The number of aromatic nitrogens is 3. The molecule has 2 aromatic carbocycles. The second kappa shape index (κ2) is 8.70. The van der Waals surface area contributed by atoms with Crippen LogP contribution in [0.5, 0.6) is 5.75 Å². The van der Waals surface area contributed by atoms with Crippen molar-refractivity contribution in [1.29, 1.82) is 0 Å². The third-order valence-corrected chi connectivity index (χ3v) is 6.32. The molecule has 6 rings (SSSR count). The maximum Gasteiger partial charge on any atom is 0.160 e. The van der Waals surface area contributed by atoms with Crippen LogP contribution in [0.4, 0.5) is 11.6 Å². The number of anilines is 2. The zero-order chi connectivity index (χ0) is 23.8. The average molecular weight is 469 g/mol. The summed E-state index contributed by atoms with van der Waals surface area (Å²) in [5.41, 5.74) is 7.79. The minimum atomic E-state index is -0.197. The van der Waals surface area contributed by atoms with E-state index < -0.39 is 0 Å². The number of rotatable bonds is 5. The molecule has 2 aliphatic rings. The first-order chi connectivity index (χ1) is 17.1.